The summed E-state index contributed by atoms with van der Waals surface area (Å²) in [4.78, 5) is 0. The molecule has 26 heavy (non-hydrogen) atoms. The number of aromatic nitrogens is 2. The highest BCUT2D eigenvalue weighted by Gasteiger charge is 2.13. The summed E-state index contributed by atoms with van der Waals surface area (Å²) in [6, 6.07) is 7.68. The summed E-state index contributed by atoms with van der Waals surface area (Å²) >= 11 is 6.32. The van der Waals surface area contributed by atoms with Crippen LogP contribution in [0, 0.1) is 6.92 Å². The molecule has 0 atom stereocenters. The van der Waals surface area contributed by atoms with E-state index < -0.39 is 0 Å². The monoisotopic (exact) mass is 375 g/mol. The Bertz CT molecular complexity index is 873. The van der Waals surface area contributed by atoms with E-state index in [1.54, 1.807) is 13.3 Å². The van der Waals surface area contributed by atoms with Gasteiger partial charge in [-0.25, -0.2) is 0 Å². The van der Waals surface area contributed by atoms with E-state index in [4.69, 9.17) is 25.5 Å². The van der Waals surface area contributed by atoms with Crippen molar-refractivity contribution in [3.63, 3.8) is 0 Å². The number of rotatable bonds is 8. The second-order valence-corrected chi connectivity index (χ2v) is 6.23. The smallest absolute Gasteiger partial charge is 0.179 e. The highest BCUT2D eigenvalue weighted by atomic mass is 35.5. The van der Waals surface area contributed by atoms with E-state index in [2.05, 4.69) is 15.5 Å². The molecule has 0 saturated carbocycles. The molecule has 0 radical (unpaired) electrons. The number of H-pyrrole nitrogens is 1. The summed E-state index contributed by atoms with van der Waals surface area (Å²) < 4.78 is 16.6. The first kappa shape index (κ1) is 18.4. The lowest BCUT2D eigenvalue weighted by molar-refractivity contribution is 0.311. The second kappa shape index (κ2) is 8.29. The van der Waals surface area contributed by atoms with Crippen LogP contribution in [0.25, 0.3) is 11.5 Å². The van der Waals surface area contributed by atoms with Crippen LogP contribution in [0.2, 0.25) is 5.02 Å². The number of furan rings is 1. The molecule has 3 aromatic rings. The predicted molar refractivity (Wildman–Crippen MR) is 101 cm³/mol. The minimum Gasteiger partial charge on any atom is -0.493 e. The van der Waals surface area contributed by atoms with Crippen molar-refractivity contribution in [3.8, 4) is 23.0 Å². The normalized spacial score (nSPS) is 10.9. The van der Waals surface area contributed by atoms with Gasteiger partial charge >= 0.3 is 0 Å². The van der Waals surface area contributed by atoms with Gasteiger partial charge in [0.2, 0.25) is 0 Å². The van der Waals surface area contributed by atoms with E-state index in [0.29, 0.717) is 36.2 Å². The molecular weight excluding hydrogens is 354 g/mol. The van der Waals surface area contributed by atoms with Crippen molar-refractivity contribution in [1.29, 1.82) is 0 Å². The van der Waals surface area contributed by atoms with Crippen LogP contribution < -0.4 is 14.8 Å². The van der Waals surface area contributed by atoms with Gasteiger partial charge in [0.05, 0.1) is 24.9 Å². The minimum absolute atomic E-state index is 0.531. The van der Waals surface area contributed by atoms with Gasteiger partial charge in [0, 0.05) is 18.7 Å². The van der Waals surface area contributed by atoms with Crippen LogP contribution in [0.1, 0.15) is 23.8 Å². The summed E-state index contributed by atoms with van der Waals surface area (Å²) in [5.41, 5.74) is 2.92. The van der Waals surface area contributed by atoms with Crippen molar-refractivity contribution in [1.82, 2.24) is 15.5 Å². The standard InChI is InChI=1S/C19H22ClN3O3/c1-4-25-19-15(20)7-13(8-17(19)24-3)9-21-10-14-11-22-23-18(14)16-6-5-12(2)26-16/h5-8,11,21H,4,9-10H2,1-3H3,(H,22,23). The maximum Gasteiger partial charge on any atom is 0.179 e. The van der Waals surface area contributed by atoms with Gasteiger partial charge in [0.25, 0.3) is 0 Å². The Morgan fingerprint density at radius 2 is 2.12 bits per heavy atom. The molecule has 0 fully saturated rings. The number of nitrogens with zero attached hydrogens (tertiary/aromatic N) is 1. The van der Waals surface area contributed by atoms with Crippen molar-refractivity contribution in [2.24, 2.45) is 0 Å². The van der Waals surface area contributed by atoms with Gasteiger partial charge in [-0.3, -0.25) is 5.10 Å². The first-order valence-corrected chi connectivity index (χ1v) is 8.79. The highest BCUT2D eigenvalue weighted by molar-refractivity contribution is 6.32. The zero-order chi connectivity index (χ0) is 18.5. The number of hydrogen-bond acceptors (Lipinski definition) is 5. The fourth-order valence-corrected chi connectivity index (χ4v) is 3.02. The topological polar surface area (TPSA) is 72.3 Å². The maximum atomic E-state index is 6.32. The third kappa shape index (κ3) is 4.03. The number of nitrogens with one attached hydrogen (secondary N) is 2. The first-order chi connectivity index (χ1) is 12.6. The Morgan fingerprint density at radius 1 is 1.27 bits per heavy atom. The lowest BCUT2D eigenvalue weighted by Crippen LogP contribution is -2.13. The molecule has 0 aliphatic carbocycles. The van der Waals surface area contributed by atoms with Crippen LogP contribution in [-0.4, -0.2) is 23.9 Å². The number of ether oxygens (including phenoxy) is 2. The fraction of sp³-hybridized carbons (Fsp3) is 0.316. The summed E-state index contributed by atoms with van der Waals surface area (Å²) in [7, 11) is 1.61. The second-order valence-electron chi connectivity index (χ2n) is 5.83. The third-order valence-electron chi connectivity index (χ3n) is 3.93. The highest BCUT2D eigenvalue weighted by Crippen LogP contribution is 2.36. The molecule has 0 unspecified atom stereocenters. The van der Waals surface area contributed by atoms with Gasteiger partial charge in [0.15, 0.2) is 17.3 Å². The predicted octanol–water partition coefficient (Wildman–Crippen LogP) is 4.33. The van der Waals surface area contributed by atoms with Crippen molar-refractivity contribution < 1.29 is 13.9 Å². The number of benzene rings is 1. The van der Waals surface area contributed by atoms with E-state index in [1.165, 1.54) is 0 Å². The largest absolute Gasteiger partial charge is 0.493 e. The van der Waals surface area contributed by atoms with Crippen LogP contribution in [0.3, 0.4) is 0 Å². The van der Waals surface area contributed by atoms with Gasteiger partial charge in [-0.2, -0.15) is 5.10 Å². The quantitative estimate of drug-likeness (QED) is 0.613. The number of halogens is 1. The molecule has 0 aliphatic heterocycles. The molecule has 0 amide bonds. The van der Waals surface area contributed by atoms with Gasteiger partial charge in [0.1, 0.15) is 11.5 Å². The van der Waals surface area contributed by atoms with E-state index in [9.17, 15) is 0 Å². The van der Waals surface area contributed by atoms with Gasteiger partial charge in [-0.05, 0) is 43.7 Å². The van der Waals surface area contributed by atoms with Crippen molar-refractivity contribution >= 4 is 11.6 Å². The Kier molecular flexibility index (Phi) is 5.85. The molecule has 6 nitrogen and oxygen atoms in total. The van der Waals surface area contributed by atoms with E-state index in [0.717, 1.165) is 28.3 Å². The molecule has 2 heterocycles. The van der Waals surface area contributed by atoms with E-state index in [-0.39, 0.29) is 0 Å². The zero-order valence-corrected chi connectivity index (χ0v) is 15.8. The van der Waals surface area contributed by atoms with Crippen molar-refractivity contribution in [2.45, 2.75) is 26.9 Å². The van der Waals surface area contributed by atoms with Crippen molar-refractivity contribution in [2.75, 3.05) is 13.7 Å². The minimum atomic E-state index is 0.531. The summed E-state index contributed by atoms with van der Waals surface area (Å²) in [5, 5.41) is 11.1. The van der Waals surface area contributed by atoms with Crippen molar-refractivity contribution in [3.05, 3.63) is 52.4 Å². The number of aryl methyl sites for hydroxylation is 1. The molecule has 138 valence electrons. The molecule has 1 aromatic carbocycles. The number of aromatic amines is 1. The first-order valence-electron chi connectivity index (χ1n) is 8.41. The lowest BCUT2D eigenvalue weighted by atomic mass is 10.1. The summed E-state index contributed by atoms with van der Waals surface area (Å²) in [6.07, 6.45) is 1.80. The zero-order valence-electron chi connectivity index (χ0n) is 15.1. The molecule has 0 bridgehead atoms. The average molecular weight is 376 g/mol. The van der Waals surface area contributed by atoms with Gasteiger partial charge < -0.3 is 19.2 Å². The molecule has 0 spiro atoms. The van der Waals surface area contributed by atoms with Gasteiger partial charge in [-0.15, -0.1) is 0 Å². The van der Waals surface area contributed by atoms with Crippen LogP contribution in [-0.2, 0) is 13.1 Å². The Labute approximate surface area is 157 Å². The third-order valence-corrected chi connectivity index (χ3v) is 4.21. The molecule has 2 aromatic heterocycles. The van der Waals surface area contributed by atoms with Crippen LogP contribution in [0.5, 0.6) is 11.5 Å². The lowest BCUT2D eigenvalue weighted by Gasteiger charge is -2.13. The molecule has 0 saturated heterocycles. The molecule has 2 N–H and O–H groups in total. The summed E-state index contributed by atoms with van der Waals surface area (Å²) in [6.45, 7) is 5.63. The average Bonchev–Trinajstić information content (AvgIpc) is 3.25. The Balaban J connectivity index is 1.68. The van der Waals surface area contributed by atoms with Crippen LogP contribution in [0.15, 0.2) is 34.9 Å². The Morgan fingerprint density at radius 3 is 2.81 bits per heavy atom. The molecular formula is C19H22ClN3O3. The molecule has 7 heteroatoms. The molecule has 0 aliphatic rings. The SMILES string of the molecule is CCOc1c(Cl)cc(CNCc2cn[nH]c2-c2ccc(C)o2)cc1OC. The van der Waals surface area contributed by atoms with E-state index >= 15 is 0 Å². The number of methoxy groups -OCH3 is 1. The Hall–Kier alpha value is -2.44. The maximum absolute atomic E-state index is 6.32. The van der Waals surface area contributed by atoms with Gasteiger partial charge in [-0.1, -0.05) is 11.6 Å². The van der Waals surface area contributed by atoms with Crippen LogP contribution in [0.4, 0.5) is 0 Å². The number of hydrogen-bond donors (Lipinski definition) is 2. The fourth-order valence-electron chi connectivity index (χ4n) is 2.73. The van der Waals surface area contributed by atoms with Crippen LogP contribution >= 0.6 is 11.6 Å². The molecule has 3 rings (SSSR count). The van der Waals surface area contributed by atoms with E-state index in [1.807, 2.05) is 38.1 Å². The summed E-state index contributed by atoms with van der Waals surface area (Å²) in [5.74, 6) is 2.85.